The van der Waals surface area contributed by atoms with Crippen LogP contribution in [-0.4, -0.2) is 47.1 Å². The molecule has 4 aromatic rings. The quantitative estimate of drug-likeness (QED) is 0.343. The molecule has 10 heteroatoms. The van der Waals surface area contributed by atoms with E-state index in [1.54, 1.807) is 28.0 Å². The van der Waals surface area contributed by atoms with Crippen LogP contribution < -0.4 is 10.9 Å². The van der Waals surface area contributed by atoms with E-state index in [0.717, 1.165) is 24.2 Å². The second kappa shape index (κ2) is 8.62. The molecule has 1 atom stereocenters. The number of thioether (sulfide) groups is 1. The van der Waals surface area contributed by atoms with Crippen molar-refractivity contribution < 1.29 is 4.79 Å². The van der Waals surface area contributed by atoms with E-state index in [1.165, 1.54) is 11.8 Å². The number of nitrogens with one attached hydrogen (secondary N) is 1. The van der Waals surface area contributed by atoms with Gasteiger partial charge in [-0.1, -0.05) is 29.5 Å². The number of nitrogens with zero attached hydrogens (tertiary/aromatic N) is 6. The number of hydrogen-bond donors (Lipinski definition) is 1. The number of aryl methyl sites for hydroxylation is 2. The zero-order valence-electron chi connectivity index (χ0n) is 17.6. The van der Waals surface area contributed by atoms with E-state index in [-0.39, 0.29) is 23.9 Å². The second-order valence-corrected chi connectivity index (χ2v) is 8.86. The first-order chi connectivity index (χ1) is 15.6. The molecule has 3 aromatic heterocycles. The van der Waals surface area contributed by atoms with Crippen LogP contribution in [0.15, 0.2) is 59.1 Å². The third-order valence-electron chi connectivity index (χ3n) is 5.54. The summed E-state index contributed by atoms with van der Waals surface area (Å²) >= 11 is 1.50. The van der Waals surface area contributed by atoms with Gasteiger partial charge in [0.1, 0.15) is 5.39 Å². The van der Waals surface area contributed by atoms with Crippen molar-refractivity contribution in [2.45, 2.75) is 37.5 Å². The smallest absolute Gasteiger partial charge is 0.265 e. The number of carbonyl (C=O) groups is 1. The summed E-state index contributed by atoms with van der Waals surface area (Å²) in [5, 5.41) is 8.45. The number of benzene rings is 1. The van der Waals surface area contributed by atoms with Gasteiger partial charge >= 0.3 is 0 Å². The predicted molar refractivity (Wildman–Crippen MR) is 122 cm³/mol. The Kier molecular flexibility index (Phi) is 5.52. The normalized spacial score (nSPS) is 15.2. The van der Waals surface area contributed by atoms with Gasteiger partial charge in [-0.2, -0.15) is 5.10 Å². The number of carbonyl (C=O) groups excluding carboxylic acids is 1. The van der Waals surface area contributed by atoms with Gasteiger partial charge in [0.15, 0.2) is 10.8 Å². The van der Waals surface area contributed by atoms with E-state index in [4.69, 9.17) is 4.98 Å². The molecule has 0 radical (unpaired) electrons. The summed E-state index contributed by atoms with van der Waals surface area (Å²) in [4.78, 5) is 34.4. The fourth-order valence-electron chi connectivity index (χ4n) is 3.85. The van der Waals surface area contributed by atoms with Gasteiger partial charge in [-0.3, -0.25) is 14.2 Å². The lowest BCUT2D eigenvalue weighted by Crippen LogP contribution is -2.31. The Morgan fingerprint density at radius 3 is 2.91 bits per heavy atom. The lowest BCUT2D eigenvalue weighted by atomic mass is 10.2. The highest BCUT2D eigenvalue weighted by Crippen LogP contribution is 2.33. The Morgan fingerprint density at radius 1 is 1.28 bits per heavy atom. The maximum atomic E-state index is 13.2. The van der Waals surface area contributed by atoms with Crippen molar-refractivity contribution in [2.75, 3.05) is 12.3 Å². The molecule has 0 aliphatic carbocycles. The topological polar surface area (TPSA) is 99.6 Å². The van der Waals surface area contributed by atoms with Crippen LogP contribution in [0.4, 0.5) is 0 Å². The number of fused-ring (bicyclic) bond motifs is 2. The molecule has 4 heterocycles. The molecule has 1 amide bonds. The summed E-state index contributed by atoms with van der Waals surface area (Å²) in [6.45, 7) is 3.41. The van der Waals surface area contributed by atoms with Crippen LogP contribution in [-0.2, 0) is 11.3 Å². The Bertz CT molecular complexity index is 1310. The molecular formula is C22H23N7O2S. The molecule has 0 saturated carbocycles. The van der Waals surface area contributed by atoms with Crippen molar-refractivity contribution in [1.29, 1.82) is 0 Å². The first-order valence-corrected chi connectivity index (χ1v) is 11.5. The third kappa shape index (κ3) is 3.93. The van der Waals surface area contributed by atoms with E-state index in [9.17, 15) is 9.59 Å². The van der Waals surface area contributed by atoms with E-state index in [1.807, 2.05) is 42.0 Å². The van der Waals surface area contributed by atoms with E-state index in [2.05, 4.69) is 15.4 Å². The molecule has 9 nitrogen and oxygen atoms in total. The number of imidazole rings is 1. The molecular weight excluding hydrogens is 426 g/mol. The van der Waals surface area contributed by atoms with Gasteiger partial charge < -0.3 is 9.88 Å². The Balaban J connectivity index is 1.30. The molecule has 0 saturated heterocycles. The van der Waals surface area contributed by atoms with E-state index < -0.39 is 0 Å². The molecule has 1 unspecified atom stereocenters. The van der Waals surface area contributed by atoms with E-state index >= 15 is 0 Å². The van der Waals surface area contributed by atoms with Crippen molar-refractivity contribution in [3.8, 4) is 5.69 Å². The zero-order chi connectivity index (χ0) is 22.1. The zero-order valence-corrected chi connectivity index (χ0v) is 18.5. The Morgan fingerprint density at radius 2 is 2.12 bits per heavy atom. The third-order valence-corrected chi connectivity index (χ3v) is 6.64. The number of aromatic nitrogens is 6. The summed E-state index contributed by atoms with van der Waals surface area (Å²) in [5.74, 6) is 0.589. The average Bonchev–Trinajstić information content (AvgIpc) is 3.53. The molecule has 32 heavy (non-hydrogen) atoms. The first-order valence-electron chi connectivity index (χ1n) is 10.5. The Hall–Kier alpha value is -3.40. The highest BCUT2D eigenvalue weighted by atomic mass is 32.2. The van der Waals surface area contributed by atoms with Crippen molar-refractivity contribution >= 4 is 28.7 Å². The maximum absolute atomic E-state index is 13.2. The van der Waals surface area contributed by atoms with Gasteiger partial charge in [0.25, 0.3) is 5.56 Å². The van der Waals surface area contributed by atoms with Crippen molar-refractivity contribution in [3.63, 3.8) is 0 Å². The average molecular weight is 450 g/mol. The monoisotopic (exact) mass is 449 g/mol. The largest absolute Gasteiger partial charge is 0.356 e. The first kappa shape index (κ1) is 20.5. The molecule has 1 aliphatic heterocycles. The fraction of sp³-hybridized carbons (Fsp3) is 0.318. The van der Waals surface area contributed by atoms with Crippen molar-refractivity contribution in [2.24, 2.45) is 0 Å². The molecule has 1 aromatic carbocycles. The number of hydrogen-bond acceptors (Lipinski definition) is 6. The van der Waals surface area contributed by atoms with Crippen LogP contribution in [0, 0.1) is 6.92 Å². The van der Waals surface area contributed by atoms with Crippen LogP contribution in [0.5, 0.6) is 0 Å². The lowest BCUT2D eigenvalue weighted by molar-refractivity contribution is -0.121. The standard InChI is InChI=1S/C22H23N7O2S/c1-15-3-5-16(6-4-15)29-20-18(12-25-29)21(31)28-17(13-32-22(28)26-20)11-19(30)24-7-2-9-27-10-8-23-14-27/h3-6,8,10,12,14,17H,2,7,9,11,13H2,1H3,(H,24,30). The number of amides is 1. The Labute approximate surface area is 188 Å². The van der Waals surface area contributed by atoms with Crippen molar-refractivity contribution in [1.82, 2.24) is 34.2 Å². The summed E-state index contributed by atoms with van der Waals surface area (Å²) in [6, 6.07) is 7.71. The van der Waals surface area contributed by atoms with Crippen LogP contribution in [0.25, 0.3) is 16.7 Å². The fourth-order valence-corrected chi connectivity index (χ4v) is 4.98. The minimum absolute atomic E-state index is 0.0589. The molecule has 1 aliphatic rings. The summed E-state index contributed by atoms with van der Waals surface area (Å²) < 4.78 is 5.32. The molecule has 5 rings (SSSR count). The van der Waals surface area contributed by atoms with Crippen LogP contribution in [0.2, 0.25) is 0 Å². The SMILES string of the molecule is Cc1ccc(-n2ncc3c(=O)n4c(nc32)SCC4CC(=O)NCCCn2ccnc2)cc1. The van der Waals surface area contributed by atoms with Crippen molar-refractivity contribution in [3.05, 3.63) is 65.1 Å². The lowest BCUT2D eigenvalue weighted by Gasteiger charge is -2.13. The molecule has 0 fully saturated rings. The van der Waals surface area contributed by atoms with Gasteiger partial charge in [0.05, 0.1) is 24.3 Å². The minimum Gasteiger partial charge on any atom is -0.356 e. The highest BCUT2D eigenvalue weighted by molar-refractivity contribution is 7.99. The van der Waals surface area contributed by atoms with Crippen LogP contribution in [0.1, 0.15) is 24.4 Å². The maximum Gasteiger partial charge on any atom is 0.265 e. The second-order valence-electron chi connectivity index (χ2n) is 7.87. The van der Waals surface area contributed by atoms with E-state index in [0.29, 0.717) is 28.5 Å². The van der Waals surface area contributed by atoms with Crippen LogP contribution >= 0.6 is 11.8 Å². The van der Waals surface area contributed by atoms with Gasteiger partial charge in [0.2, 0.25) is 5.91 Å². The molecule has 0 spiro atoms. The van der Waals surface area contributed by atoms with Crippen LogP contribution in [0.3, 0.4) is 0 Å². The molecule has 164 valence electrons. The van der Waals surface area contributed by atoms with Gasteiger partial charge in [-0.05, 0) is 25.5 Å². The van der Waals surface area contributed by atoms with Gasteiger partial charge in [0, 0.05) is 37.7 Å². The highest BCUT2D eigenvalue weighted by Gasteiger charge is 2.29. The van der Waals surface area contributed by atoms with Gasteiger partial charge in [-0.15, -0.1) is 0 Å². The molecule has 1 N–H and O–H groups in total. The number of rotatable bonds is 7. The summed E-state index contributed by atoms with van der Waals surface area (Å²) in [5.41, 5.74) is 2.41. The summed E-state index contributed by atoms with van der Waals surface area (Å²) in [6.07, 6.45) is 8.03. The predicted octanol–water partition coefficient (Wildman–Crippen LogP) is 2.33. The summed E-state index contributed by atoms with van der Waals surface area (Å²) in [7, 11) is 0. The van der Waals surface area contributed by atoms with Gasteiger partial charge in [-0.25, -0.2) is 14.6 Å². The minimum atomic E-state index is -0.212. The molecule has 0 bridgehead atoms.